The smallest absolute Gasteiger partial charge is 0.238 e. The molecule has 0 aromatic carbocycles. The van der Waals surface area contributed by atoms with Crippen molar-refractivity contribution in [2.24, 2.45) is 5.73 Å². The first kappa shape index (κ1) is 9.48. The molecule has 1 aliphatic rings. The number of hydrogen-bond donors (Lipinski definition) is 1. The Morgan fingerprint density at radius 3 is 2.83 bits per heavy atom. The van der Waals surface area contributed by atoms with Crippen molar-refractivity contribution in [2.45, 2.75) is 26.3 Å². The second-order valence-electron chi connectivity index (χ2n) is 3.25. The topological polar surface area (TPSA) is 49.6 Å². The fourth-order valence-electron chi connectivity index (χ4n) is 1.45. The number of nitrogens with two attached hydrogens (primary N) is 1. The molecule has 1 fully saturated rings. The summed E-state index contributed by atoms with van der Waals surface area (Å²) in [6.45, 7) is 6.35. The SMILES string of the molecule is CCN1CCC(=O)N1CC(C)N. The lowest BCUT2D eigenvalue weighted by atomic mass is 10.3. The van der Waals surface area contributed by atoms with Gasteiger partial charge in [-0.1, -0.05) is 6.92 Å². The van der Waals surface area contributed by atoms with Crippen LogP contribution in [0.25, 0.3) is 0 Å². The Kier molecular flexibility index (Phi) is 3.05. The first-order valence-electron chi connectivity index (χ1n) is 4.46. The van der Waals surface area contributed by atoms with Gasteiger partial charge in [0, 0.05) is 25.6 Å². The number of hydrogen-bond acceptors (Lipinski definition) is 3. The van der Waals surface area contributed by atoms with Crippen LogP contribution in [0.5, 0.6) is 0 Å². The van der Waals surface area contributed by atoms with Crippen LogP contribution >= 0.6 is 0 Å². The lowest BCUT2D eigenvalue weighted by molar-refractivity contribution is -0.138. The van der Waals surface area contributed by atoms with Gasteiger partial charge in [0.05, 0.1) is 6.54 Å². The van der Waals surface area contributed by atoms with E-state index in [9.17, 15) is 4.79 Å². The second kappa shape index (κ2) is 3.87. The predicted molar refractivity (Wildman–Crippen MR) is 47.2 cm³/mol. The van der Waals surface area contributed by atoms with Crippen LogP contribution in [-0.2, 0) is 4.79 Å². The fourth-order valence-corrected chi connectivity index (χ4v) is 1.45. The normalized spacial score (nSPS) is 21.9. The van der Waals surface area contributed by atoms with Crippen LogP contribution < -0.4 is 5.73 Å². The number of rotatable bonds is 3. The summed E-state index contributed by atoms with van der Waals surface area (Å²) in [5.74, 6) is 0.203. The van der Waals surface area contributed by atoms with Crippen LogP contribution in [0.15, 0.2) is 0 Å². The highest BCUT2D eigenvalue weighted by Crippen LogP contribution is 2.11. The van der Waals surface area contributed by atoms with Crippen LogP contribution in [0, 0.1) is 0 Å². The number of carbonyl (C=O) groups is 1. The van der Waals surface area contributed by atoms with Crippen LogP contribution in [0.1, 0.15) is 20.3 Å². The van der Waals surface area contributed by atoms with Crippen molar-refractivity contribution >= 4 is 5.91 Å². The van der Waals surface area contributed by atoms with Gasteiger partial charge in [-0.3, -0.25) is 9.80 Å². The fraction of sp³-hybridized carbons (Fsp3) is 0.875. The van der Waals surface area contributed by atoms with Crippen molar-refractivity contribution in [3.63, 3.8) is 0 Å². The maximum absolute atomic E-state index is 11.3. The monoisotopic (exact) mass is 171 g/mol. The van der Waals surface area contributed by atoms with Crippen molar-refractivity contribution in [3.8, 4) is 0 Å². The molecular formula is C8H17N3O. The molecular weight excluding hydrogens is 154 g/mol. The van der Waals surface area contributed by atoms with Crippen LogP contribution in [0.2, 0.25) is 0 Å². The van der Waals surface area contributed by atoms with Gasteiger partial charge in [0.15, 0.2) is 0 Å². The van der Waals surface area contributed by atoms with E-state index in [4.69, 9.17) is 5.73 Å². The second-order valence-corrected chi connectivity index (χ2v) is 3.25. The lowest BCUT2D eigenvalue weighted by Gasteiger charge is -2.27. The van der Waals surface area contributed by atoms with Gasteiger partial charge in [-0.25, -0.2) is 5.01 Å². The van der Waals surface area contributed by atoms with E-state index in [2.05, 4.69) is 0 Å². The Bertz CT molecular complexity index is 170. The molecule has 0 bridgehead atoms. The molecule has 1 aliphatic heterocycles. The van der Waals surface area contributed by atoms with Gasteiger partial charge < -0.3 is 5.73 Å². The zero-order valence-electron chi connectivity index (χ0n) is 7.79. The molecule has 2 N–H and O–H groups in total. The largest absolute Gasteiger partial charge is 0.326 e. The van der Waals surface area contributed by atoms with E-state index in [0.29, 0.717) is 13.0 Å². The molecule has 1 atom stereocenters. The average Bonchev–Trinajstić information content (AvgIpc) is 2.32. The standard InChI is InChI=1S/C8H17N3O/c1-3-10-5-4-8(12)11(10)6-7(2)9/h7H,3-6,9H2,1-2H3. The molecule has 0 spiro atoms. The lowest BCUT2D eigenvalue weighted by Crippen LogP contribution is -2.44. The molecule has 1 saturated heterocycles. The molecule has 1 rings (SSSR count). The van der Waals surface area contributed by atoms with E-state index in [1.807, 2.05) is 18.9 Å². The van der Waals surface area contributed by atoms with Crippen LogP contribution in [-0.4, -0.2) is 41.6 Å². The summed E-state index contributed by atoms with van der Waals surface area (Å²) in [4.78, 5) is 11.3. The summed E-state index contributed by atoms with van der Waals surface area (Å²) < 4.78 is 0. The van der Waals surface area contributed by atoms with Gasteiger partial charge in [0.25, 0.3) is 0 Å². The van der Waals surface area contributed by atoms with Gasteiger partial charge >= 0.3 is 0 Å². The molecule has 1 heterocycles. The number of carbonyl (C=O) groups excluding carboxylic acids is 1. The molecule has 0 aliphatic carbocycles. The van der Waals surface area contributed by atoms with E-state index in [-0.39, 0.29) is 11.9 Å². The molecule has 1 unspecified atom stereocenters. The highest BCUT2D eigenvalue weighted by atomic mass is 16.2. The van der Waals surface area contributed by atoms with Gasteiger partial charge in [0.1, 0.15) is 0 Å². The molecule has 0 aromatic heterocycles. The van der Waals surface area contributed by atoms with Crippen molar-refractivity contribution in [1.82, 2.24) is 10.0 Å². The highest BCUT2D eigenvalue weighted by molar-refractivity contribution is 5.77. The predicted octanol–water partition coefficient (Wildman–Crippen LogP) is -0.197. The highest BCUT2D eigenvalue weighted by Gasteiger charge is 2.27. The maximum Gasteiger partial charge on any atom is 0.238 e. The zero-order chi connectivity index (χ0) is 9.14. The summed E-state index contributed by atoms with van der Waals surface area (Å²) >= 11 is 0. The summed E-state index contributed by atoms with van der Waals surface area (Å²) in [5.41, 5.74) is 5.63. The third-order valence-corrected chi connectivity index (χ3v) is 2.04. The van der Waals surface area contributed by atoms with Crippen molar-refractivity contribution in [3.05, 3.63) is 0 Å². The summed E-state index contributed by atoms with van der Waals surface area (Å²) in [6, 6.07) is 0.0566. The third-order valence-electron chi connectivity index (χ3n) is 2.04. The summed E-state index contributed by atoms with van der Waals surface area (Å²) in [5, 5.41) is 3.82. The Morgan fingerprint density at radius 2 is 2.33 bits per heavy atom. The van der Waals surface area contributed by atoms with Crippen molar-refractivity contribution < 1.29 is 4.79 Å². The molecule has 0 radical (unpaired) electrons. The number of amides is 1. The van der Waals surface area contributed by atoms with Crippen molar-refractivity contribution in [1.29, 1.82) is 0 Å². The zero-order valence-corrected chi connectivity index (χ0v) is 7.79. The number of hydrazine groups is 1. The van der Waals surface area contributed by atoms with E-state index >= 15 is 0 Å². The maximum atomic E-state index is 11.3. The minimum Gasteiger partial charge on any atom is -0.326 e. The number of nitrogens with zero attached hydrogens (tertiary/aromatic N) is 2. The van der Waals surface area contributed by atoms with Gasteiger partial charge in [0.2, 0.25) is 5.91 Å². The minimum absolute atomic E-state index is 0.0566. The first-order chi connectivity index (χ1) is 5.65. The third kappa shape index (κ3) is 1.95. The molecule has 12 heavy (non-hydrogen) atoms. The Morgan fingerprint density at radius 1 is 1.67 bits per heavy atom. The Labute approximate surface area is 73.3 Å². The Balaban J connectivity index is 2.52. The van der Waals surface area contributed by atoms with E-state index in [1.165, 1.54) is 0 Å². The van der Waals surface area contributed by atoms with Gasteiger partial charge in [-0.05, 0) is 6.92 Å². The van der Waals surface area contributed by atoms with E-state index in [1.54, 1.807) is 5.01 Å². The average molecular weight is 171 g/mol. The molecule has 4 nitrogen and oxygen atoms in total. The summed E-state index contributed by atoms with van der Waals surface area (Å²) in [6.07, 6.45) is 0.639. The Hall–Kier alpha value is -0.610. The molecule has 0 aromatic rings. The minimum atomic E-state index is 0.0566. The summed E-state index contributed by atoms with van der Waals surface area (Å²) in [7, 11) is 0. The molecule has 0 saturated carbocycles. The van der Waals surface area contributed by atoms with Gasteiger partial charge in [-0.15, -0.1) is 0 Å². The van der Waals surface area contributed by atoms with Gasteiger partial charge in [-0.2, -0.15) is 0 Å². The van der Waals surface area contributed by atoms with Crippen molar-refractivity contribution in [2.75, 3.05) is 19.6 Å². The van der Waals surface area contributed by atoms with E-state index in [0.717, 1.165) is 13.1 Å². The quantitative estimate of drug-likeness (QED) is 0.640. The molecule has 1 amide bonds. The molecule has 4 heteroatoms. The first-order valence-corrected chi connectivity index (χ1v) is 4.46. The molecule has 70 valence electrons. The van der Waals surface area contributed by atoms with E-state index < -0.39 is 0 Å². The van der Waals surface area contributed by atoms with Crippen LogP contribution in [0.3, 0.4) is 0 Å². The van der Waals surface area contributed by atoms with Crippen LogP contribution in [0.4, 0.5) is 0 Å².